The SMILES string of the molecule is CCc1ccc2c(c1)Cc1c-2ccc(-c2cc(F)c(C#N)c(F)c2)c1F. The second-order valence-electron chi connectivity index (χ2n) is 6.40. The fourth-order valence-electron chi connectivity index (χ4n) is 3.57. The molecule has 0 N–H and O–H groups in total. The minimum Gasteiger partial charge on any atom is -0.206 e. The van der Waals surface area contributed by atoms with Crippen molar-refractivity contribution >= 4 is 0 Å². The van der Waals surface area contributed by atoms with Crippen molar-refractivity contribution in [1.29, 1.82) is 5.26 Å². The van der Waals surface area contributed by atoms with Crippen molar-refractivity contribution in [3.63, 3.8) is 0 Å². The average Bonchev–Trinajstić information content (AvgIpc) is 3.00. The number of fused-ring (bicyclic) bond motifs is 3. The number of hydrogen-bond donors (Lipinski definition) is 0. The third-order valence-corrected chi connectivity index (χ3v) is 4.94. The second kappa shape index (κ2) is 6.03. The van der Waals surface area contributed by atoms with Gasteiger partial charge in [0.15, 0.2) is 0 Å². The Morgan fingerprint density at radius 1 is 0.923 bits per heavy atom. The van der Waals surface area contributed by atoms with Crippen molar-refractivity contribution in [3.05, 3.63) is 82.2 Å². The molecule has 1 aliphatic rings. The van der Waals surface area contributed by atoms with Crippen LogP contribution < -0.4 is 0 Å². The average molecular weight is 349 g/mol. The summed E-state index contributed by atoms with van der Waals surface area (Å²) in [6.07, 6.45) is 1.36. The van der Waals surface area contributed by atoms with Gasteiger partial charge in [-0.3, -0.25) is 0 Å². The van der Waals surface area contributed by atoms with E-state index in [1.54, 1.807) is 6.07 Å². The molecule has 1 nitrogen and oxygen atoms in total. The summed E-state index contributed by atoms with van der Waals surface area (Å²) in [4.78, 5) is 0. The maximum absolute atomic E-state index is 15.1. The summed E-state index contributed by atoms with van der Waals surface area (Å²) >= 11 is 0. The number of benzene rings is 3. The quantitative estimate of drug-likeness (QED) is 0.450. The van der Waals surface area contributed by atoms with Gasteiger partial charge in [-0.1, -0.05) is 37.3 Å². The van der Waals surface area contributed by atoms with E-state index in [0.29, 0.717) is 12.0 Å². The zero-order valence-electron chi connectivity index (χ0n) is 14.0. The van der Waals surface area contributed by atoms with Crippen LogP contribution in [0.15, 0.2) is 42.5 Å². The highest BCUT2D eigenvalue weighted by Gasteiger charge is 2.24. The summed E-state index contributed by atoms with van der Waals surface area (Å²) in [7, 11) is 0. The van der Waals surface area contributed by atoms with Crippen LogP contribution in [0.4, 0.5) is 13.2 Å². The summed E-state index contributed by atoms with van der Waals surface area (Å²) in [5, 5.41) is 8.78. The van der Waals surface area contributed by atoms with Gasteiger partial charge >= 0.3 is 0 Å². The van der Waals surface area contributed by atoms with E-state index >= 15 is 4.39 Å². The van der Waals surface area contributed by atoms with Crippen molar-refractivity contribution in [2.24, 2.45) is 0 Å². The summed E-state index contributed by atoms with van der Waals surface area (Å²) in [5.74, 6) is -2.45. The minimum absolute atomic E-state index is 0.0875. The Bertz CT molecular complexity index is 1070. The Balaban J connectivity index is 1.84. The third kappa shape index (κ3) is 2.40. The maximum Gasteiger partial charge on any atom is 0.144 e. The van der Waals surface area contributed by atoms with Crippen LogP contribution in [0.1, 0.15) is 29.2 Å². The van der Waals surface area contributed by atoms with Crippen LogP contribution in [0.5, 0.6) is 0 Å². The minimum atomic E-state index is -0.988. The van der Waals surface area contributed by atoms with Crippen LogP contribution in [0.2, 0.25) is 0 Å². The predicted molar refractivity (Wildman–Crippen MR) is 94.1 cm³/mol. The molecule has 0 aromatic heterocycles. The van der Waals surface area contributed by atoms with Crippen LogP contribution in [0.25, 0.3) is 22.3 Å². The van der Waals surface area contributed by atoms with Gasteiger partial charge in [-0.15, -0.1) is 0 Å². The number of rotatable bonds is 2. The van der Waals surface area contributed by atoms with E-state index in [1.165, 1.54) is 17.7 Å². The molecular formula is C22H14F3N. The first kappa shape index (κ1) is 16.4. The molecule has 0 atom stereocenters. The number of hydrogen-bond acceptors (Lipinski definition) is 1. The molecular weight excluding hydrogens is 335 g/mol. The molecule has 0 spiro atoms. The highest BCUT2D eigenvalue weighted by molar-refractivity contribution is 5.81. The van der Waals surface area contributed by atoms with Gasteiger partial charge in [-0.2, -0.15) is 5.26 Å². The van der Waals surface area contributed by atoms with Crippen LogP contribution >= 0.6 is 0 Å². The molecule has 1 aliphatic carbocycles. The summed E-state index contributed by atoms with van der Waals surface area (Å²) in [6.45, 7) is 2.07. The molecule has 0 bridgehead atoms. The Kier molecular flexibility index (Phi) is 3.81. The van der Waals surface area contributed by atoms with Crippen molar-refractivity contribution in [3.8, 4) is 28.3 Å². The molecule has 0 heterocycles. The van der Waals surface area contributed by atoms with Crippen LogP contribution in [-0.2, 0) is 12.8 Å². The summed E-state index contributed by atoms with van der Waals surface area (Å²) < 4.78 is 43.0. The van der Waals surface area contributed by atoms with Crippen LogP contribution in [-0.4, -0.2) is 0 Å². The van der Waals surface area contributed by atoms with Crippen LogP contribution in [0.3, 0.4) is 0 Å². The van der Waals surface area contributed by atoms with Gasteiger partial charge in [0.2, 0.25) is 0 Å². The molecule has 3 aromatic rings. The third-order valence-electron chi connectivity index (χ3n) is 4.94. The number of nitrogens with zero attached hydrogens (tertiary/aromatic N) is 1. The zero-order valence-corrected chi connectivity index (χ0v) is 14.0. The van der Waals surface area contributed by atoms with Gasteiger partial charge in [-0.25, -0.2) is 13.2 Å². The van der Waals surface area contributed by atoms with Gasteiger partial charge < -0.3 is 0 Å². The van der Waals surface area contributed by atoms with Gasteiger partial charge in [-0.05, 0) is 46.4 Å². The normalized spacial score (nSPS) is 11.8. The Morgan fingerprint density at radius 2 is 1.58 bits per heavy atom. The van der Waals surface area contributed by atoms with E-state index in [1.807, 2.05) is 12.1 Å². The lowest BCUT2D eigenvalue weighted by Gasteiger charge is -2.10. The van der Waals surface area contributed by atoms with Crippen molar-refractivity contribution in [1.82, 2.24) is 0 Å². The first-order chi connectivity index (χ1) is 12.5. The smallest absolute Gasteiger partial charge is 0.144 e. The van der Waals surface area contributed by atoms with E-state index < -0.39 is 23.0 Å². The Hall–Kier alpha value is -3.06. The summed E-state index contributed by atoms with van der Waals surface area (Å²) in [5.41, 5.74) is 4.17. The fourth-order valence-corrected chi connectivity index (χ4v) is 3.57. The largest absolute Gasteiger partial charge is 0.206 e. The van der Waals surface area contributed by atoms with E-state index in [0.717, 1.165) is 35.2 Å². The molecule has 0 unspecified atom stereocenters. The zero-order chi connectivity index (χ0) is 18.4. The standard InChI is InChI=1S/C22H14F3N/c1-2-12-3-4-15-13(7-12)8-18-17(15)6-5-16(22(18)25)14-9-20(23)19(11-26)21(24)10-14/h3-7,9-10H,2,8H2,1H3. The molecule has 0 fully saturated rings. The lowest BCUT2D eigenvalue weighted by atomic mass is 9.97. The molecule has 3 aromatic carbocycles. The molecule has 0 amide bonds. The lowest BCUT2D eigenvalue weighted by molar-refractivity contribution is 0.577. The molecule has 128 valence electrons. The molecule has 4 heteroatoms. The Morgan fingerprint density at radius 3 is 2.23 bits per heavy atom. The first-order valence-corrected chi connectivity index (χ1v) is 8.36. The molecule has 4 rings (SSSR count). The monoisotopic (exact) mass is 349 g/mol. The highest BCUT2D eigenvalue weighted by Crippen LogP contribution is 2.41. The fraction of sp³-hybridized carbons (Fsp3) is 0.136. The van der Waals surface area contributed by atoms with Crippen molar-refractivity contribution < 1.29 is 13.2 Å². The van der Waals surface area contributed by atoms with Gasteiger partial charge in [0, 0.05) is 17.5 Å². The highest BCUT2D eigenvalue weighted by atomic mass is 19.1. The molecule has 0 radical (unpaired) electrons. The van der Waals surface area contributed by atoms with E-state index in [-0.39, 0.29) is 11.1 Å². The van der Waals surface area contributed by atoms with E-state index in [4.69, 9.17) is 5.26 Å². The van der Waals surface area contributed by atoms with E-state index in [2.05, 4.69) is 13.0 Å². The van der Waals surface area contributed by atoms with Gasteiger partial charge in [0.1, 0.15) is 29.1 Å². The van der Waals surface area contributed by atoms with E-state index in [9.17, 15) is 8.78 Å². The number of halogens is 3. The maximum atomic E-state index is 15.1. The predicted octanol–water partition coefficient (Wildman–Crippen LogP) is 5.78. The van der Waals surface area contributed by atoms with Crippen molar-refractivity contribution in [2.75, 3.05) is 0 Å². The second-order valence-corrected chi connectivity index (χ2v) is 6.40. The lowest BCUT2D eigenvalue weighted by Crippen LogP contribution is -1.96. The number of nitriles is 1. The molecule has 0 aliphatic heterocycles. The number of aryl methyl sites for hydroxylation is 1. The Labute approximate surface area is 149 Å². The van der Waals surface area contributed by atoms with Crippen molar-refractivity contribution in [2.45, 2.75) is 19.8 Å². The topological polar surface area (TPSA) is 23.8 Å². The van der Waals surface area contributed by atoms with Gasteiger partial charge in [0.05, 0.1) is 0 Å². The summed E-state index contributed by atoms with van der Waals surface area (Å²) in [6, 6.07) is 12.9. The van der Waals surface area contributed by atoms with Crippen LogP contribution in [0, 0.1) is 28.8 Å². The first-order valence-electron chi connectivity index (χ1n) is 8.36. The molecule has 0 saturated carbocycles. The van der Waals surface area contributed by atoms with Gasteiger partial charge in [0.25, 0.3) is 0 Å². The molecule has 0 saturated heterocycles. The molecule has 26 heavy (non-hydrogen) atoms.